The van der Waals surface area contributed by atoms with Crippen molar-refractivity contribution in [2.24, 2.45) is 0 Å². The maximum Gasteiger partial charge on any atom is 0.342 e. The van der Waals surface area contributed by atoms with E-state index in [2.05, 4.69) is 10.1 Å². The first-order valence-corrected chi connectivity index (χ1v) is 9.91. The lowest BCUT2D eigenvalue weighted by atomic mass is 10.0. The minimum absolute atomic E-state index is 0.0959. The van der Waals surface area contributed by atoms with Gasteiger partial charge in [-0.3, -0.25) is 19.3 Å². The van der Waals surface area contributed by atoms with Crippen LogP contribution in [0.3, 0.4) is 0 Å². The van der Waals surface area contributed by atoms with Crippen molar-refractivity contribution in [3.8, 4) is 0 Å². The van der Waals surface area contributed by atoms with Crippen molar-refractivity contribution < 1.29 is 38.6 Å². The smallest absolute Gasteiger partial charge is 0.342 e. The maximum atomic E-state index is 13.5. The van der Waals surface area contributed by atoms with Crippen LogP contribution in [0.5, 0.6) is 0 Å². The molecule has 0 saturated heterocycles. The number of nitrogens with one attached hydrogen (secondary N) is 1. The first kappa shape index (κ1) is 23.9. The van der Waals surface area contributed by atoms with Crippen LogP contribution in [0.2, 0.25) is 0 Å². The van der Waals surface area contributed by atoms with Crippen LogP contribution in [0.25, 0.3) is 0 Å². The fraction of sp³-hybridized carbons (Fsp3) is 0.125. The lowest BCUT2D eigenvalue weighted by Gasteiger charge is -2.21. The molecule has 0 aliphatic carbocycles. The van der Waals surface area contributed by atoms with Gasteiger partial charge in [-0.1, -0.05) is 36.4 Å². The van der Waals surface area contributed by atoms with Crippen LogP contribution in [0, 0.1) is 0 Å². The molecule has 0 unspecified atom stereocenters. The molecule has 2 N–H and O–H groups in total. The van der Waals surface area contributed by atoms with E-state index in [1.54, 1.807) is 36.4 Å². The summed E-state index contributed by atoms with van der Waals surface area (Å²) < 4.78 is 9.38. The van der Waals surface area contributed by atoms with Gasteiger partial charge in [-0.2, -0.15) is 0 Å². The van der Waals surface area contributed by atoms with Crippen molar-refractivity contribution in [3.05, 3.63) is 94.4 Å². The molecule has 0 radical (unpaired) electrons. The molecule has 3 amide bonds. The number of nitrogens with zero attached hydrogens (tertiary/aromatic N) is 1. The SMILES string of the molecule is COC(=O)C1=C(O)CN(C(=O)c2ccccc2)C(=O)C(NC(=O)c2ccccc2)=C1C(=O)OC. The molecule has 2 aromatic carbocycles. The summed E-state index contributed by atoms with van der Waals surface area (Å²) in [5, 5.41) is 13.0. The molecule has 0 bridgehead atoms. The van der Waals surface area contributed by atoms with Gasteiger partial charge in [0.25, 0.3) is 17.7 Å². The van der Waals surface area contributed by atoms with E-state index in [9.17, 15) is 29.1 Å². The molecular formula is C24H20N2O8. The molecule has 0 atom stereocenters. The monoisotopic (exact) mass is 464 g/mol. The second-order valence-electron chi connectivity index (χ2n) is 6.94. The number of ether oxygens (including phenoxy) is 2. The molecule has 1 aliphatic rings. The average Bonchev–Trinajstić information content (AvgIpc) is 2.98. The summed E-state index contributed by atoms with van der Waals surface area (Å²) in [5.74, 6) is -5.95. The summed E-state index contributed by atoms with van der Waals surface area (Å²) in [6.07, 6.45) is 0. The van der Waals surface area contributed by atoms with Crippen LogP contribution < -0.4 is 5.32 Å². The van der Waals surface area contributed by atoms with Gasteiger partial charge in [-0.25, -0.2) is 9.59 Å². The first-order chi connectivity index (χ1) is 16.3. The number of methoxy groups -OCH3 is 2. The van der Waals surface area contributed by atoms with Crippen molar-refractivity contribution in [1.29, 1.82) is 0 Å². The third-order valence-corrected chi connectivity index (χ3v) is 4.87. The number of hydrogen-bond acceptors (Lipinski definition) is 8. The number of rotatable bonds is 5. The Morgan fingerprint density at radius 3 is 1.85 bits per heavy atom. The summed E-state index contributed by atoms with van der Waals surface area (Å²) in [6.45, 7) is -0.762. The Kier molecular flexibility index (Phi) is 7.22. The summed E-state index contributed by atoms with van der Waals surface area (Å²) >= 11 is 0. The van der Waals surface area contributed by atoms with Crippen molar-refractivity contribution in [2.45, 2.75) is 0 Å². The van der Waals surface area contributed by atoms with Crippen LogP contribution in [0.4, 0.5) is 0 Å². The quantitative estimate of drug-likeness (QED) is 0.501. The number of esters is 2. The van der Waals surface area contributed by atoms with Gasteiger partial charge in [0.05, 0.1) is 20.8 Å². The van der Waals surface area contributed by atoms with E-state index in [0.717, 1.165) is 14.2 Å². The topological polar surface area (TPSA) is 139 Å². The Balaban J connectivity index is 2.22. The number of imide groups is 1. The zero-order chi connectivity index (χ0) is 24.8. The van der Waals surface area contributed by atoms with E-state index in [0.29, 0.717) is 4.90 Å². The molecule has 0 fully saturated rings. The van der Waals surface area contributed by atoms with Gasteiger partial charge >= 0.3 is 11.9 Å². The van der Waals surface area contributed by atoms with Crippen LogP contribution in [-0.4, -0.2) is 60.4 Å². The summed E-state index contributed by atoms with van der Waals surface area (Å²) in [6, 6.07) is 15.4. The third-order valence-electron chi connectivity index (χ3n) is 4.87. The largest absolute Gasteiger partial charge is 0.509 e. The molecule has 3 rings (SSSR count). The molecule has 0 saturated carbocycles. The zero-order valence-electron chi connectivity index (χ0n) is 18.2. The number of hydrogen-bond donors (Lipinski definition) is 2. The van der Waals surface area contributed by atoms with E-state index >= 15 is 0 Å². The standard InChI is InChI=1S/C24H20N2O8/c1-33-23(31)17-16(27)13-26(21(29)15-11-7-4-8-12-15)22(30)19(18(17)24(32)34-2)25-20(28)14-9-5-3-6-10-14/h3-12,27H,13H2,1-2H3,(H,25,28). The molecule has 0 aromatic heterocycles. The van der Waals surface area contributed by atoms with Crippen LogP contribution in [0.1, 0.15) is 20.7 Å². The van der Waals surface area contributed by atoms with Gasteiger partial charge in [-0.05, 0) is 24.3 Å². The van der Waals surface area contributed by atoms with Gasteiger partial charge < -0.3 is 19.9 Å². The molecule has 2 aromatic rings. The number of carbonyl (C=O) groups is 5. The fourth-order valence-corrected chi connectivity index (χ4v) is 3.23. The highest BCUT2D eigenvalue weighted by molar-refractivity contribution is 6.19. The Bertz CT molecular complexity index is 1220. The molecule has 1 heterocycles. The number of aliphatic hydroxyl groups is 1. The van der Waals surface area contributed by atoms with Crippen molar-refractivity contribution in [2.75, 3.05) is 20.8 Å². The molecular weight excluding hydrogens is 444 g/mol. The summed E-state index contributed by atoms with van der Waals surface area (Å²) in [5.41, 5.74) is -1.96. The molecule has 1 aliphatic heterocycles. The van der Waals surface area contributed by atoms with Crippen molar-refractivity contribution in [3.63, 3.8) is 0 Å². The highest BCUT2D eigenvalue weighted by Gasteiger charge is 2.40. The summed E-state index contributed by atoms with van der Waals surface area (Å²) in [4.78, 5) is 65.2. The van der Waals surface area contributed by atoms with Gasteiger partial charge in [0.2, 0.25) is 0 Å². The van der Waals surface area contributed by atoms with E-state index in [4.69, 9.17) is 4.74 Å². The molecule has 10 heteroatoms. The van der Waals surface area contributed by atoms with Crippen molar-refractivity contribution in [1.82, 2.24) is 10.2 Å². The fourth-order valence-electron chi connectivity index (χ4n) is 3.23. The Morgan fingerprint density at radius 2 is 1.32 bits per heavy atom. The number of aliphatic hydroxyl groups excluding tert-OH is 1. The van der Waals surface area contributed by atoms with Gasteiger partial charge in [0, 0.05) is 11.1 Å². The van der Waals surface area contributed by atoms with E-state index in [1.807, 2.05) is 0 Å². The lowest BCUT2D eigenvalue weighted by Crippen LogP contribution is -2.43. The second-order valence-corrected chi connectivity index (χ2v) is 6.94. The van der Waals surface area contributed by atoms with E-state index in [-0.39, 0.29) is 11.1 Å². The molecule has 0 spiro atoms. The maximum absolute atomic E-state index is 13.5. The van der Waals surface area contributed by atoms with Crippen LogP contribution >= 0.6 is 0 Å². The minimum Gasteiger partial charge on any atom is -0.509 e. The Hall–Kier alpha value is -4.73. The first-order valence-electron chi connectivity index (χ1n) is 9.91. The zero-order valence-corrected chi connectivity index (χ0v) is 18.2. The molecule has 10 nitrogen and oxygen atoms in total. The number of benzene rings is 2. The third kappa shape index (κ3) is 4.70. The Morgan fingerprint density at radius 1 is 0.824 bits per heavy atom. The average molecular weight is 464 g/mol. The number of amides is 3. The Labute approximate surface area is 194 Å². The molecule has 34 heavy (non-hydrogen) atoms. The van der Waals surface area contributed by atoms with E-state index < -0.39 is 58.8 Å². The highest BCUT2D eigenvalue weighted by Crippen LogP contribution is 2.27. The normalized spacial score (nSPS) is 13.8. The highest BCUT2D eigenvalue weighted by atomic mass is 16.5. The second kappa shape index (κ2) is 10.3. The van der Waals surface area contributed by atoms with Gasteiger partial charge in [0.15, 0.2) is 0 Å². The minimum atomic E-state index is -1.21. The van der Waals surface area contributed by atoms with E-state index in [1.165, 1.54) is 24.3 Å². The summed E-state index contributed by atoms with van der Waals surface area (Å²) in [7, 11) is 1.99. The predicted molar refractivity (Wildman–Crippen MR) is 117 cm³/mol. The molecule has 174 valence electrons. The van der Waals surface area contributed by atoms with Crippen LogP contribution in [0.15, 0.2) is 83.3 Å². The van der Waals surface area contributed by atoms with Gasteiger partial charge in [-0.15, -0.1) is 0 Å². The van der Waals surface area contributed by atoms with Gasteiger partial charge in [0.1, 0.15) is 22.6 Å². The van der Waals surface area contributed by atoms with Crippen molar-refractivity contribution >= 4 is 29.7 Å². The lowest BCUT2D eigenvalue weighted by molar-refractivity contribution is -0.139. The number of carbonyl (C=O) groups excluding carboxylic acids is 5. The van der Waals surface area contributed by atoms with Crippen LogP contribution in [-0.2, 0) is 23.9 Å². The predicted octanol–water partition coefficient (Wildman–Crippen LogP) is 1.51.